The zero-order chi connectivity index (χ0) is 29.9. The maximum atomic E-state index is 13.5. The van der Waals surface area contributed by atoms with Crippen LogP contribution >= 0.6 is 11.6 Å². The number of hydrogen-bond acceptors (Lipinski definition) is 6. The van der Waals surface area contributed by atoms with E-state index in [9.17, 15) is 31.1 Å². The Kier molecular flexibility index (Phi) is 8.34. The number of carbonyl (C=O) groups is 1. The zero-order valence-electron chi connectivity index (χ0n) is 21.0. The average Bonchev–Trinajstić information content (AvgIpc) is 3.31. The van der Waals surface area contributed by atoms with Crippen molar-refractivity contribution in [1.82, 2.24) is 5.16 Å². The van der Waals surface area contributed by atoms with Crippen molar-refractivity contribution in [2.45, 2.75) is 25.8 Å². The molecule has 0 atom stereocenters. The molecule has 13 heteroatoms. The van der Waals surface area contributed by atoms with Crippen LogP contribution in [0.2, 0.25) is 5.02 Å². The van der Waals surface area contributed by atoms with Gasteiger partial charge in [0, 0.05) is 11.1 Å². The second kappa shape index (κ2) is 11.6. The number of ketones is 1. The number of nitrogens with two attached hydrogens (primary N) is 1. The molecule has 0 saturated carbocycles. The van der Waals surface area contributed by atoms with Gasteiger partial charge in [0.25, 0.3) is 0 Å². The van der Waals surface area contributed by atoms with Crippen LogP contribution in [0.1, 0.15) is 49.6 Å². The second-order valence-corrected chi connectivity index (χ2v) is 9.11. The number of alkyl halides is 6. The fraction of sp³-hybridized carbons (Fsp3) is 0.143. The van der Waals surface area contributed by atoms with Crippen LogP contribution in [0.25, 0.3) is 0 Å². The molecule has 212 valence electrons. The molecule has 0 spiro atoms. The minimum atomic E-state index is -5.03. The molecule has 0 radical (unpaired) electrons. The molecule has 0 amide bonds. The van der Waals surface area contributed by atoms with Gasteiger partial charge in [-0.1, -0.05) is 59.2 Å². The van der Waals surface area contributed by atoms with Crippen LogP contribution in [0.3, 0.4) is 0 Å². The summed E-state index contributed by atoms with van der Waals surface area (Å²) in [7, 11) is 0. The lowest BCUT2D eigenvalue weighted by molar-refractivity contribution is -0.143. The molecule has 0 aliphatic heterocycles. The lowest BCUT2D eigenvalue weighted by Gasteiger charge is -2.14. The average molecular weight is 593 g/mol. The lowest BCUT2D eigenvalue weighted by atomic mass is 9.96. The van der Waals surface area contributed by atoms with Gasteiger partial charge in [-0.15, -0.1) is 0 Å². The van der Waals surface area contributed by atoms with Crippen LogP contribution < -0.4 is 5.84 Å². The van der Waals surface area contributed by atoms with Crippen LogP contribution in [0.4, 0.5) is 26.3 Å². The highest BCUT2D eigenvalue weighted by atomic mass is 35.5. The van der Waals surface area contributed by atoms with E-state index in [0.29, 0.717) is 17.7 Å². The van der Waals surface area contributed by atoms with Gasteiger partial charge in [-0.2, -0.15) is 31.4 Å². The maximum absolute atomic E-state index is 13.5. The number of benzene rings is 3. The molecule has 4 aromatic rings. The number of hydrazone groups is 1. The number of aryl methyl sites for hydroxylation is 1. The highest BCUT2D eigenvalue weighted by Crippen LogP contribution is 2.36. The van der Waals surface area contributed by atoms with E-state index < -0.39 is 35.8 Å². The third kappa shape index (κ3) is 6.49. The van der Waals surface area contributed by atoms with E-state index in [0.717, 1.165) is 0 Å². The van der Waals surface area contributed by atoms with Crippen molar-refractivity contribution in [3.05, 3.63) is 123 Å². The van der Waals surface area contributed by atoms with Crippen LogP contribution in [0.5, 0.6) is 0 Å². The quantitative estimate of drug-likeness (QED) is 0.0804. The van der Waals surface area contributed by atoms with Crippen LogP contribution in [-0.2, 0) is 18.9 Å². The number of halogens is 7. The van der Waals surface area contributed by atoms with Crippen LogP contribution in [0.15, 0.2) is 87.4 Å². The normalized spacial score (nSPS) is 13.0. The summed E-state index contributed by atoms with van der Waals surface area (Å²) >= 11 is 6.21. The van der Waals surface area contributed by atoms with E-state index in [1.807, 2.05) is 0 Å². The van der Waals surface area contributed by atoms with Crippen molar-refractivity contribution in [3.63, 3.8) is 0 Å². The van der Waals surface area contributed by atoms with Crippen molar-refractivity contribution < 1.29 is 35.7 Å². The Morgan fingerprint density at radius 3 is 2.05 bits per heavy atom. The molecule has 3 aromatic carbocycles. The number of aromatic nitrogens is 1. The Hall–Kier alpha value is -4.45. The largest absolute Gasteiger partial charge is 0.416 e. The summed E-state index contributed by atoms with van der Waals surface area (Å²) in [6.07, 6.45) is -10.1. The summed E-state index contributed by atoms with van der Waals surface area (Å²) in [6.45, 7) is 0.864. The van der Waals surface area contributed by atoms with Crippen molar-refractivity contribution in [1.29, 1.82) is 0 Å². The van der Waals surface area contributed by atoms with Gasteiger partial charge in [-0.25, -0.2) is 0 Å². The summed E-state index contributed by atoms with van der Waals surface area (Å²) in [5, 5.41) is 7.74. The van der Waals surface area contributed by atoms with Gasteiger partial charge < -0.3 is 10.4 Å². The zero-order valence-corrected chi connectivity index (χ0v) is 21.8. The van der Waals surface area contributed by atoms with Crippen LogP contribution in [-0.4, -0.2) is 22.4 Å². The number of nitrogens with zero attached hydrogens (tertiary/aromatic N) is 3. The number of rotatable bonds is 7. The molecule has 0 bridgehead atoms. The predicted molar refractivity (Wildman–Crippen MR) is 140 cm³/mol. The van der Waals surface area contributed by atoms with Gasteiger partial charge in [0.15, 0.2) is 11.5 Å². The topological polar surface area (TPSA) is 93.8 Å². The smallest absolute Gasteiger partial charge is 0.353 e. The molecular formula is C28H19ClF6N4O2. The molecule has 0 aliphatic carbocycles. The first-order chi connectivity index (χ1) is 19.3. The first kappa shape index (κ1) is 29.5. The van der Waals surface area contributed by atoms with Gasteiger partial charge in [0.1, 0.15) is 0 Å². The molecular weight excluding hydrogens is 574 g/mol. The molecule has 2 N–H and O–H groups in total. The molecule has 1 heterocycles. The maximum Gasteiger partial charge on any atom is 0.416 e. The molecule has 41 heavy (non-hydrogen) atoms. The van der Waals surface area contributed by atoms with Gasteiger partial charge >= 0.3 is 12.4 Å². The highest BCUT2D eigenvalue weighted by Gasteiger charge is 2.37. The summed E-state index contributed by atoms with van der Waals surface area (Å²) in [5.74, 6) is 4.92. The van der Waals surface area contributed by atoms with E-state index in [1.54, 1.807) is 42.5 Å². The molecule has 6 nitrogen and oxygen atoms in total. The molecule has 4 rings (SSSR count). The van der Waals surface area contributed by atoms with E-state index in [4.69, 9.17) is 22.0 Å². The lowest BCUT2D eigenvalue weighted by Crippen LogP contribution is -2.22. The molecule has 0 unspecified atom stereocenters. The second-order valence-electron chi connectivity index (χ2n) is 8.70. The van der Waals surface area contributed by atoms with Crippen molar-refractivity contribution in [2.24, 2.45) is 15.9 Å². The van der Waals surface area contributed by atoms with Gasteiger partial charge in [0.2, 0.25) is 5.76 Å². The number of aliphatic imine (C=N–C) groups is 1. The van der Waals surface area contributed by atoms with E-state index >= 15 is 0 Å². The minimum Gasteiger partial charge on any atom is -0.353 e. The summed E-state index contributed by atoms with van der Waals surface area (Å²) in [6, 6.07) is 15.4. The first-order valence-electron chi connectivity index (χ1n) is 11.7. The van der Waals surface area contributed by atoms with E-state index in [2.05, 4.69) is 15.3 Å². The van der Waals surface area contributed by atoms with Gasteiger partial charge in [-0.3, -0.25) is 9.79 Å². The third-order valence-electron chi connectivity index (χ3n) is 5.89. The fourth-order valence-electron chi connectivity index (χ4n) is 3.99. The SMILES string of the molecule is Cc1noc(C(=NN)C(=NCc2cc(C(F)(F)F)cc(C(F)(F)F)c2)c2ccccc2)c1C(=O)c1ccccc1Cl. The standard InChI is InChI=1S/C28H19ClF6N4O2/c1-15-22(25(40)20-9-5-6-10-21(20)29)26(41-39-15)24(38-36)23(17-7-3-2-4-8-17)37-14-16-11-18(27(30,31)32)13-19(12-16)28(33,34)35/h2-13H,14,36H2,1H3. The van der Waals surface area contributed by atoms with E-state index in [-0.39, 0.29) is 50.7 Å². The third-order valence-corrected chi connectivity index (χ3v) is 6.22. The summed E-state index contributed by atoms with van der Waals surface area (Å²) in [4.78, 5) is 17.8. The molecule has 0 aliphatic rings. The fourth-order valence-corrected chi connectivity index (χ4v) is 4.21. The Bertz CT molecular complexity index is 1610. The number of hydrogen-bond donors (Lipinski definition) is 1. The predicted octanol–water partition coefficient (Wildman–Crippen LogP) is 7.26. The minimum absolute atomic E-state index is 0.0298. The summed E-state index contributed by atoms with van der Waals surface area (Å²) in [5.41, 5.74) is -3.05. The van der Waals surface area contributed by atoms with Gasteiger partial charge in [0.05, 0.1) is 39.7 Å². The van der Waals surface area contributed by atoms with Crippen molar-refractivity contribution in [2.75, 3.05) is 0 Å². The Morgan fingerprint density at radius 2 is 1.49 bits per heavy atom. The Labute approximate surface area is 234 Å². The Balaban J connectivity index is 1.85. The Morgan fingerprint density at radius 1 is 0.902 bits per heavy atom. The number of carbonyl (C=O) groups excluding carboxylic acids is 1. The van der Waals surface area contributed by atoms with Gasteiger partial charge in [-0.05, 0) is 42.8 Å². The first-order valence-corrected chi connectivity index (χ1v) is 12.1. The highest BCUT2D eigenvalue weighted by molar-refractivity contribution is 6.54. The monoisotopic (exact) mass is 592 g/mol. The van der Waals surface area contributed by atoms with E-state index in [1.165, 1.54) is 19.1 Å². The van der Waals surface area contributed by atoms with Crippen molar-refractivity contribution in [3.8, 4) is 0 Å². The van der Waals surface area contributed by atoms with Crippen LogP contribution in [0, 0.1) is 6.92 Å². The van der Waals surface area contributed by atoms with Crippen molar-refractivity contribution >= 4 is 28.8 Å². The molecule has 0 saturated heterocycles. The molecule has 0 fully saturated rings. The molecule has 1 aromatic heterocycles. The summed E-state index contributed by atoms with van der Waals surface area (Å²) < 4.78 is 85.8.